The van der Waals surface area contributed by atoms with Crippen molar-refractivity contribution >= 4 is 17.7 Å². The van der Waals surface area contributed by atoms with Crippen LogP contribution in [0.15, 0.2) is 12.3 Å². The van der Waals surface area contributed by atoms with Crippen molar-refractivity contribution in [3.63, 3.8) is 0 Å². The van der Waals surface area contributed by atoms with Gasteiger partial charge in [-0.05, 0) is 38.7 Å². The van der Waals surface area contributed by atoms with Gasteiger partial charge in [0.2, 0.25) is 5.95 Å². The van der Waals surface area contributed by atoms with E-state index in [1.54, 1.807) is 6.20 Å². The molecule has 22 heavy (non-hydrogen) atoms. The van der Waals surface area contributed by atoms with Crippen LogP contribution in [0.2, 0.25) is 0 Å². The Kier molecular flexibility index (Phi) is 4.88. The molecule has 1 saturated heterocycles. The van der Waals surface area contributed by atoms with Gasteiger partial charge in [0.25, 0.3) is 0 Å². The van der Waals surface area contributed by atoms with E-state index in [-0.39, 0.29) is 11.9 Å². The van der Waals surface area contributed by atoms with Crippen LogP contribution in [0.3, 0.4) is 0 Å². The monoisotopic (exact) mass is 306 g/mol. The predicted molar refractivity (Wildman–Crippen MR) is 87.1 cm³/mol. The summed E-state index contributed by atoms with van der Waals surface area (Å²) in [5, 5.41) is 0. The quantitative estimate of drug-likeness (QED) is 0.793. The summed E-state index contributed by atoms with van der Waals surface area (Å²) in [7, 11) is 5.38. The zero-order valence-electron chi connectivity index (χ0n) is 14.2. The second-order valence-electron chi connectivity index (χ2n) is 6.61. The normalized spacial score (nSPS) is 19.0. The molecule has 1 unspecified atom stereocenters. The lowest BCUT2D eigenvalue weighted by Gasteiger charge is -2.39. The summed E-state index contributed by atoms with van der Waals surface area (Å²) in [6, 6.07) is 1.89. The standard InChI is InChI=1S/C16H26N4O2/c1-16(2,14(21)22-5)12-7-6-10-20(11-12)15-17-9-8-13(18-15)19(3)4/h8-9,12H,6-7,10-11H2,1-5H3. The first-order valence-electron chi connectivity index (χ1n) is 7.70. The Hall–Kier alpha value is -1.85. The Morgan fingerprint density at radius 3 is 2.82 bits per heavy atom. The lowest BCUT2D eigenvalue weighted by Crippen LogP contribution is -2.45. The van der Waals surface area contributed by atoms with Crippen LogP contribution < -0.4 is 9.80 Å². The molecule has 1 fully saturated rings. The second kappa shape index (κ2) is 6.50. The number of hydrogen-bond acceptors (Lipinski definition) is 6. The predicted octanol–water partition coefficient (Wildman–Crippen LogP) is 1.96. The molecule has 122 valence electrons. The first-order chi connectivity index (χ1) is 10.4. The maximum absolute atomic E-state index is 12.0. The number of carbonyl (C=O) groups is 1. The number of aromatic nitrogens is 2. The van der Waals surface area contributed by atoms with Gasteiger partial charge in [-0.25, -0.2) is 4.98 Å². The summed E-state index contributed by atoms with van der Waals surface area (Å²) in [6.07, 6.45) is 3.83. The molecular weight excluding hydrogens is 280 g/mol. The van der Waals surface area contributed by atoms with Gasteiger partial charge in [-0.3, -0.25) is 4.79 Å². The van der Waals surface area contributed by atoms with E-state index in [0.717, 1.165) is 37.7 Å². The molecule has 0 spiro atoms. The molecule has 6 heteroatoms. The fourth-order valence-corrected chi connectivity index (χ4v) is 2.92. The Morgan fingerprint density at radius 2 is 2.18 bits per heavy atom. The minimum absolute atomic E-state index is 0.151. The molecule has 6 nitrogen and oxygen atoms in total. The summed E-state index contributed by atoms with van der Waals surface area (Å²) < 4.78 is 4.96. The van der Waals surface area contributed by atoms with Gasteiger partial charge in [-0.1, -0.05) is 0 Å². The maximum atomic E-state index is 12.0. The Balaban J connectivity index is 2.17. The highest BCUT2D eigenvalue weighted by Gasteiger charge is 2.40. The maximum Gasteiger partial charge on any atom is 0.311 e. The fourth-order valence-electron chi connectivity index (χ4n) is 2.92. The lowest BCUT2D eigenvalue weighted by atomic mass is 9.74. The number of esters is 1. The van der Waals surface area contributed by atoms with Gasteiger partial charge in [0, 0.05) is 33.4 Å². The molecule has 1 atom stereocenters. The SMILES string of the molecule is COC(=O)C(C)(C)C1CCCN(c2nccc(N(C)C)n2)C1. The molecular formula is C16H26N4O2. The topological polar surface area (TPSA) is 58.6 Å². The van der Waals surface area contributed by atoms with Gasteiger partial charge >= 0.3 is 5.97 Å². The molecule has 0 aromatic carbocycles. The van der Waals surface area contributed by atoms with E-state index < -0.39 is 5.41 Å². The number of hydrogen-bond donors (Lipinski definition) is 0. The fraction of sp³-hybridized carbons (Fsp3) is 0.688. The minimum atomic E-state index is -0.493. The molecule has 1 aromatic rings. The highest BCUT2D eigenvalue weighted by atomic mass is 16.5. The summed E-state index contributed by atoms with van der Waals surface area (Å²) in [5.41, 5.74) is -0.493. The molecule has 2 rings (SSSR count). The van der Waals surface area contributed by atoms with Crippen LogP contribution in [-0.4, -0.2) is 50.2 Å². The Morgan fingerprint density at radius 1 is 1.45 bits per heavy atom. The third-order valence-corrected chi connectivity index (χ3v) is 4.52. The van der Waals surface area contributed by atoms with Gasteiger partial charge in [0.15, 0.2) is 0 Å². The van der Waals surface area contributed by atoms with Crippen LogP contribution >= 0.6 is 0 Å². The average Bonchev–Trinajstić information content (AvgIpc) is 2.54. The molecule has 0 saturated carbocycles. The lowest BCUT2D eigenvalue weighted by molar-refractivity contribution is -0.154. The summed E-state index contributed by atoms with van der Waals surface area (Å²) >= 11 is 0. The molecule has 0 radical (unpaired) electrons. The van der Waals surface area contributed by atoms with Gasteiger partial charge in [-0.2, -0.15) is 4.98 Å². The zero-order valence-corrected chi connectivity index (χ0v) is 14.2. The van der Waals surface area contributed by atoms with E-state index >= 15 is 0 Å². The number of piperidine rings is 1. The number of ether oxygens (including phenoxy) is 1. The summed E-state index contributed by atoms with van der Waals surface area (Å²) in [5.74, 6) is 1.71. The van der Waals surface area contributed by atoms with E-state index in [2.05, 4.69) is 14.9 Å². The van der Waals surface area contributed by atoms with Gasteiger partial charge in [-0.15, -0.1) is 0 Å². The average molecular weight is 306 g/mol. The molecule has 1 aliphatic rings. The van der Waals surface area contributed by atoms with Gasteiger partial charge < -0.3 is 14.5 Å². The largest absolute Gasteiger partial charge is 0.469 e. The van der Waals surface area contributed by atoms with E-state index in [0.29, 0.717) is 0 Å². The van der Waals surface area contributed by atoms with Crippen molar-refractivity contribution in [1.82, 2.24) is 9.97 Å². The summed E-state index contributed by atoms with van der Waals surface area (Å²) in [4.78, 5) is 25.2. The van der Waals surface area contributed by atoms with Crippen molar-refractivity contribution < 1.29 is 9.53 Å². The van der Waals surface area contributed by atoms with Gasteiger partial charge in [0.05, 0.1) is 12.5 Å². The minimum Gasteiger partial charge on any atom is -0.469 e. The molecule has 1 aromatic heterocycles. The van der Waals surface area contributed by atoms with Crippen molar-refractivity contribution in [2.45, 2.75) is 26.7 Å². The van der Waals surface area contributed by atoms with Crippen molar-refractivity contribution in [1.29, 1.82) is 0 Å². The van der Waals surface area contributed by atoms with Crippen LogP contribution in [0.4, 0.5) is 11.8 Å². The number of carbonyl (C=O) groups excluding carboxylic acids is 1. The first kappa shape index (κ1) is 16.5. The Labute approximate surface area is 132 Å². The number of nitrogens with zero attached hydrogens (tertiary/aromatic N) is 4. The molecule has 0 N–H and O–H groups in total. The van der Waals surface area contributed by atoms with Crippen LogP contribution in [-0.2, 0) is 9.53 Å². The molecule has 0 amide bonds. The highest BCUT2D eigenvalue weighted by molar-refractivity contribution is 5.76. The van der Waals surface area contributed by atoms with Crippen LogP contribution in [0.25, 0.3) is 0 Å². The van der Waals surface area contributed by atoms with E-state index in [9.17, 15) is 4.79 Å². The van der Waals surface area contributed by atoms with Crippen LogP contribution in [0.1, 0.15) is 26.7 Å². The molecule has 0 bridgehead atoms. The third-order valence-electron chi connectivity index (χ3n) is 4.52. The zero-order chi connectivity index (χ0) is 16.3. The van der Waals surface area contributed by atoms with Crippen molar-refractivity contribution in [2.75, 3.05) is 44.1 Å². The van der Waals surface area contributed by atoms with Crippen molar-refractivity contribution in [2.24, 2.45) is 11.3 Å². The van der Waals surface area contributed by atoms with Crippen LogP contribution in [0.5, 0.6) is 0 Å². The molecule has 2 heterocycles. The highest BCUT2D eigenvalue weighted by Crippen LogP contribution is 2.35. The number of methoxy groups -OCH3 is 1. The van der Waals surface area contributed by atoms with E-state index in [1.807, 2.05) is 38.9 Å². The molecule has 0 aliphatic carbocycles. The third kappa shape index (κ3) is 3.31. The van der Waals surface area contributed by atoms with Crippen LogP contribution in [0, 0.1) is 11.3 Å². The van der Waals surface area contributed by atoms with Crippen molar-refractivity contribution in [3.05, 3.63) is 12.3 Å². The Bertz CT molecular complexity index is 531. The number of anilines is 2. The van der Waals surface area contributed by atoms with E-state index in [4.69, 9.17) is 4.74 Å². The van der Waals surface area contributed by atoms with Gasteiger partial charge in [0.1, 0.15) is 5.82 Å². The molecule has 1 aliphatic heterocycles. The number of rotatable bonds is 4. The summed E-state index contributed by atoms with van der Waals surface area (Å²) in [6.45, 7) is 5.62. The first-order valence-corrected chi connectivity index (χ1v) is 7.70. The van der Waals surface area contributed by atoms with E-state index in [1.165, 1.54) is 7.11 Å². The van der Waals surface area contributed by atoms with Crippen molar-refractivity contribution in [3.8, 4) is 0 Å². The second-order valence-corrected chi connectivity index (χ2v) is 6.61. The smallest absolute Gasteiger partial charge is 0.311 e.